The molecule has 0 unspecified atom stereocenters. The predicted octanol–water partition coefficient (Wildman–Crippen LogP) is 2.39. The standard InChI is InChI=1S/C13H13FN2O/c1-9-2-3-11(12(14)6-9)13(17)16-8-10-4-5-15-7-10/h2-7,15H,8H2,1H3,(H,16,17). The molecule has 2 aromatic rings. The van der Waals surface area contributed by atoms with E-state index >= 15 is 0 Å². The monoisotopic (exact) mass is 232 g/mol. The number of halogens is 1. The summed E-state index contributed by atoms with van der Waals surface area (Å²) in [4.78, 5) is 14.6. The van der Waals surface area contributed by atoms with Gasteiger partial charge in [-0.25, -0.2) is 4.39 Å². The Labute approximate surface area is 98.7 Å². The average Bonchev–Trinajstić information content (AvgIpc) is 2.78. The Balaban J connectivity index is 2.04. The lowest BCUT2D eigenvalue weighted by Crippen LogP contribution is -2.23. The van der Waals surface area contributed by atoms with E-state index in [0.717, 1.165) is 11.1 Å². The quantitative estimate of drug-likeness (QED) is 0.838. The van der Waals surface area contributed by atoms with E-state index in [-0.39, 0.29) is 5.56 Å². The van der Waals surface area contributed by atoms with Crippen LogP contribution >= 0.6 is 0 Å². The molecule has 1 heterocycles. The SMILES string of the molecule is Cc1ccc(C(=O)NCc2cc[nH]c2)c(F)c1. The highest BCUT2D eigenvalue weighted by atomic mass is 19.1. The first-order valence-electron chi connectivity index (χ1n) is 5.33. The minimum atomic E-state index is -0.489. The Morgan fingerprint density at radius 3 is 2.88 bits per heavy atom. The zero-order valence-corrected chi connectivity index (χ0v) is 9.46. The summed E-state index contributed by atoms with van der Waals surface area (Å²) in [5.74, 6) is -0.889. The van der Waals surface area contributed by atoms with Crippen LogP contribution < -0.4 is 5.32 Å². The molecule has 0 atom stereocenters. The molecule has 0 fully saturated rings. The van der Waals surface area contributed by atoms with Gasteiger partial charge < -0.3 is 10.3 Å². The maximum atomic E-state index is 13.5. The zero-order valence-electron chi connectivity index (χ0n) is 9.46. The van der Waals surface area contributed by atoms with Crippen LogP contribution in [0.4, 0.5) is 4.39 Å². The van der Waals surface area contributed by atoms with Crippen molar-refractivity contribution >= 4 is 5.91 Å². The molecule has 1 aromatic heterocycles. The number of carbonyl (C=O) groups is 1. The zero-order chi connectivity index (χ0) is 12.3. The highest BCUT2D eigenvalue weighted by Crippen LogP contribution is 2.09. The summed E-state index contributed by atoms with van der Waals surface area (Å²) in [6.07, 6.45) is 3.56. The van der Waals surface area contributed by atoms with E-state index in [1.807, 2.05) is 6.07 Å². The average molecular weight is 232 g/mol. The number of nitrogens with one attached hydrogen (secondary N) is 2. The number of H-pyrrole nitrogens is 1. The van der Waals surface area contributed by atoms with Gasteiger partial charge in [-0.1, -0.05) is 6.07 Å². The third-order valence-electron chi connectivity index (χ3n) is 2.48. The van der Waals surface area contributed by atoms with Crippen LogP contribution in [0.5, 0.6) is 0 Å². The summed E-state index contributed by atoms with van der Waals surface area (Å²) in [5, 5.41) is 2.66. The highest BCUT2D eigenvalue weighted by Gasteiger charge is 2.10. The summed E-state index contributed by atoms with van der Waals surface area (Å²) in [6.45, 7) is 2.17. The summed E-state index contributed by atoms with van der Waals surface area (Å²) in [7, 11) is 0. The molecule has 17 heavy (non-hydrogen) atoms. The number of benzene rings is 1. The van der Waals surface area contributed by atoms with Crippen molar-refractivity contribution in [3.8, 4) is 0 Å². The molecular weight excluding hydrogens is 219 g/mol. The van der Waals surface area contributed by atoms with E-state index in [1.54, 1.807) is 25.4 Å². The van der Waals surface area contributed by atoms with E-state index in [2.05, 4.69) is 10.3 Å². The molecule has 0 spiro atoms. The molecule has 3 nitrogen and oxygen atoms in total. The lowest BCUT2D eigenvalue weighted by Gasteiger charge is -2.05. The van der Waals surface area contributed by atoms with Crippen LogP contribution in [0.15, 0.2) is 36.7 Å². The number of aromatic nitrogens is 1. The second-order valence-corrected chi connectivity index (χ2v) is 3.89. The second kappa shape index (κ2) is 4.82. The molecule has 1 amide bonds. The number of aromatic amines is 1. The van der Waals surface area contributed by atoms with Gasteiger partial charge in [-0.3, -0.25) is 4.79 Å². The first-order chi connectivity index (χ1) is 8.16. The lowest BCUT2D eigenvalue weighted by molar-refractivity contribution is 0.0947. The molecule has 0 radical (unpaired) electrons. The number of amides is 1. The molecule has 0 saturated carbocycles. The highest BCUT2D eigenvalue weighted by molar-refractivity contribution is 5.94. The van der Waals surface area contributed by atoms with E-state index < -0.39 is 11.7 Å². The normalized spacial score (nSPS) is 10.2. The fourth-order valence-corrected chi connectivity index (χ4v) is 1.55. The number of hydrogen-bond donors (Lipinski definition) is 2. The smallest absolute Gasteiger partial charge is 0.254 e. The summed E-state index contributed by atoms with van der Waals surface area (Å²) < 4.78 is 13.5. The Morgan fingerprint density at radius 2 is 2.24 bits per heavy atom. The van der Waals surface area contributed by atoms with Crippen molar-refractivity contribution in [2.75, 3.05) is 0 Å². The van der Waals surface area contributed by atoms with Gasteiger partial charge in [0.1, 0.15) is 5.82 Å². The van der Waals surface area contributed by atoms with Gasteiger partial charge in [0.15, 0.2) is 0 Å². The number of carbonyl (C=O) groups excluding carboxylic acids is 1. The summed E-state index contributed by atoms with van der Waals surface area (Å²) in [5.41, 5.74) is 1.82. The third kappa shape index (κ3) is 2.72. The molecule has 2 N–H and O–H groups in total. The number of aryl methyl sites for hydroxylation is 1. The van der Waals surface area contributed by atoms with Crippen LogP contribution in [0.1, 0.15) is 21.5 Å². The molecule has 0 aliphatic rings. The molecule has 0 saturated heterocycles. The fourth-order valence-electron chi connectivity index (χ4n) is 1.55. The minimum Gasteiger partial charge on any atom is -0.367 e. The maximum absolute atomic E-state index is 13.5. The van der Waals surface area contributed by atoms with Crippen molar-refractivity contribution in [2.24, 2.45) is 0 Å². The van der Waals surface area contributed by atoms with Gasteiger partial charge in [-0.05, 0) is 36.2 Å². The summed E-state index contributed by atoms with van der Waals surface area (Å²) >= 11 is 0. The van der Waals surface area contributed by atoms with Crippen LogP contribution in [0.25, 0.3) is 0 Å². The first kappa shape index (κ1) is 11.4. The van der Waals surface area contributed by atoms with Crippen LogP contribution in [0, 0.1) is 12.7 Å². The number of hydrogen-bond acceptors (Lipinski definition) is 1. The Bertz CT molecular complexity index is 520. The van der Waals surface area contributed by atoms with Crippen molar-refractivity contribution in [3.05, 3.63) is 59.2 Å². The van der Waals surface area contributed by atoms with Crippen LogP contribution in [-0.4, -0.2) is 10.9 Å². The number of rotatable bonds is 3. The van der Waals surface area contributed by atoms with Gasteiger partial charge in [0.2, 0.25) is 0 Å². The van der Waals surface area contributed by atoms with E-state index in [4.69, 9.17) is 0 Å². The maximum Gasteiger partial charge on any atom is 0.254 e. The van der Waals surface area contributed by atoms with Gasteiger partial charge in [0.25, 0.3) is 5.91 Å². The largest absolute Gasteiger partial charge is 0.367 e. The van der Waals surface area contributed by atoms with Crippen molar-refractivity contribution < 1.29 is 9.18 Å². The predicted molar refractivity (Wildman–Crippen MR) is 63.1 cm³/mol. The van der Waals surface area contributed by atoms with Gasteiger partial charge in [-0.2, -0.15) is 0 Å². The van der Waals surface area contributed by atoms with Crippen LogP contribution in [0.2, 0.25) is 0 Å². The Kier molecular flexibility index (Phi) is 3.23. The van der Waals surface area contributed by atoms with Crippen molar-refractivity contribution in [1.29, 1.82) is 0 Å². The van der Waals surface area contributed by atoms with Crippen LogP contribution in [0.3, 0.4) is 0 Å². The van der Waals surface area contributed by atoms with Gasteiger partial charge in [0.05, 0.1) is 5.56 Å². The molecule has 1 aromatic carbocycles. The molecule has 4 heteroatoms. The van der Waals surface area contributed by atoms with E-state index in [9.17, 15) is 9.18 Å². The van der Waals surface area contributed by atoms with E-state index in [1.165, 1.54) is 12.1 Å². The third-order valence-corrected chi connectivity index (χ3v) is 2.48. The van der Waals surface area contributed by atoms with Gasteiger partial charge in [-0.15, -0.1) is 0 Å². The van der Waals surface area contributed by atoms with Gasteiger partial charge >= 0.3 is 0 Å². The summed E-state index contributed by atoms with van der Waals surface area (Å²) in [6, 6.07) is 6.42. The lowest BCUT2D eigenvalue weighted by atomic mass is 10.1. The Hall–Kier alpha value is -2.10. The van der Waals surface area contributed by atoms with Crippen molar-refractivity contribution in [3.63, 3.8) is 0 Å². The molecular formula is C13H13FN2O. The fraction of sp³-hybridized carbons (Fsp3) is 0.154. The molecule has 0 bridgehead atoms. The Morgan fingerprint density at radius 1 is 1.41 bits per heavy atom. The molecule has 0 aliphatic heterocycles. The molecule has 88 valence electrons. The van der Waals surface area contributed by atoms with E-state index in [0.29, 0.717) is 6.54 Å². The van der Waals surface area contributed by atoms with Crippen molar-refractivity contribution in [1.82, 2.24) is 10.3 Å². The van der Waals surface area contributed by atoms with Crippen molar-refractivity contribution in [2.45, 2.75) is 13.5 Å². The minimum absolute atomic E-state index is 0.0751. The molecule has 2 rings (SSSR count). The van der Waals surface area contributed by atoms with Gasteiger partial charge in [0, 0.05) is 18.9 Å². The second-order valence-electron chi connectivity index (χ2n) is 3.89. The topological polar surface area (TPSA) is 44.9 Å². The molecule has 0 aliphatic carbocycles. The first-order valence-corrected chi connectivity index (χ1v) is 5.33. The van der Waals surface area contributed by atoms with Crippen LogP contribution in [-0.2, 0) is 6.54 Å².